The van der Waals surface area contributed by atoms with Crippen molar-refractivity contribution in [3.8, 4) is 0 Å². The van der Waals surface area contributed by atoms with E-state index in [9.17, 15) is 9.59 Å². The summed E-state index contributed by atoms with van der Waals surface area (Å²) in [4.78, 5) is 24.4. The molecule has 1 aromatic heterocycles. The third-order valence-electron chi connectivity index (χ3n) is 3.67. The van der Waals surface area contributed by atoms with Gasteiger partial charge >= 0.3 is 0 Å². The lowest BCUT2D eigenvalue weighted by atomic mass is 9.96. The fraction of sp³-hybridized carbons (Fsp3) is 0.353. The smallest absolute Gasteiger partial charge is 0.221 e. The number of rotatable bonds is 6. The highest BCUT2D eigenvalue weighted by Gasteiger charge is 2.20. The molecular weight excluding hydrogens is 314 g/mol. The lowest BCUT2D eigenvalue weighted by Crippen LogP contribution is -2.29. The SMILES string of the molecule is C[C@@H](CC(=O)N[C@H](C)c1cnn(C)c1)C(=O)c1ccc(Cl)cc1. The normalized spacial score (nSPS) is 13.4. The van der Waals surface area contributed by atoms with Crippen molar-refractivity contribution in [2.45, 2.75) is 26.3 Å². The highest BCUT2D eigenvalue weighted by atomic mass is 35.5. The summed E-state index contributed by atoms with van der Waals surface area (Å²) in [7, 11) is 1.82. The Balaban J connectivity index is 1.91. The lowest BCUT2D eigenvalue weighted by Gasteiger charge is -2.15. The summed E-state index contributed by atoms with van der Waals surface area (Å²) in [5, 5.41) is 7.55. The number of amides is 1. The van der Waals surface area contributed by atoms with Crippen molar-refractivity contribution < 1.29 is 9.59 Å². The van der Waals surface area contributed by atoms with Gasteiger partial charge in [0.2, 0.25) is 5.91 Å². The first-order chi connectivity index (χ1) is 10.9. The molecule has 2 rings (SSSR count). The molecule has 1 amide bonds. The Morgan fingerprint density at radius 1 is 1.26 bits per heavy atom. The molecule has 1 heterocycles. The predicted octanol–water partition coefficient (Wildman–Crippen LogP) is 3.16. The second kappa shape index (κ2) is 7.42. The molecule has 0 aliphatic carbocycles. The van der Waals surface area contributed by atoms with Gasteiger partial charge in [-0.15, -0.1) is 0 Å². The summed E-state index contributed by atoms with van der Waals surface area (Å²) in [6.07, 6.45) is 3.71. The van der Waals surface area contributed by atoms with Crippen molar-refractivity contribution in [1.82, 2.24) is 15.1 Å². The number of nitrogens with one attached hydrogen (secondary N) is 1. The van der Waals surface area contributed by atoms with E-state index < -0.39 is 5.92 Å². The number of nitrogens with zero attached hydrogens (tertiary/aromatic N) is 2. The zero-order chi connectivity index (χ0) is 17.0. The molecule has 2 aromatic rings. The molecule has 0 spiro atoms. The van der Waals surface area contributed by atoms with E-state index in [0.717, 1.165) is 5.56 Å². The minimum absolute atomic E-state index is 0.0640. The maximum absolute atomic E-state index is 12.3. The molecule has 0 unspecified atom stereocenters. The molecular formula is C17H20ClN3O2. The van der Waals surface area contributed by atoms with Gasteiger partial charge in [0.1, 0.15) is 0 Å². The molecule has 6 heteroatoms. The van der Waals surface area contributed by atoms with E-state index in [0.29, 0.717) is 10.6 Å². The molecule has 5 nitrogen and oxygen atoms in total. The number of hydrogen-bond acceptors (Lipinski definition) is 3. The van der Waals surface area contributed by atoms with Gasteiger partial charge in [0, 0.05) is 41.7 Å². The third-order valence-corrected chi connectivity index (χ3v) is 3.92. The van der Waals surface area contributed by atoms with E-state index in [1.54, 1.807) is 42.1 Å². The van der Waals surface area contributed by atoms with Crippen molar-refractivity contribution in [2.24, 2.45) is 13.0 Å². The van der Waals surface area contributed by atoms with Gasteiger partial charge in [-0.3, -0.25) is 14.3 Å². The molecule has 23 heavy (non-hydrogen) atoms. The molecule has 1 aromatic carbocycles. The number of benzene rings is 1. The average Bonchev–Trinajstić information content (AvgIpc) is 2.93. The first kappa shape index (κ1) is 17.2. The molecule has 0 radical (unpaired) electrons. The van der Waals surface area contributed by atoms with E-state index in [-0.39, 0.29) is 24.2 Å². The van der Waals surface area contributed by atoms with Crippen molar-refractivity contribution in [3.05, 3.63) is 52.8 Å². The second-order valence-electron chi connectivity index (χ2n) is 5.71. The standard InChI is InChI=1S/C17H20ClN3O2/c1-11(17(23)13-4-6-15(18)7-5-13)8-16(22)20-12(2)14-9-19-21(3)10-14/h4-7,9-12H,8H2,1-3H3,(H,20,22)/t11-,12+/m0/s1. The summed E-state index contributed by atoms with van der Waals surface area (Å²) in [6.45, 7) is 3.64. The maximum atomic E-state index is 12.3. The summed E-state index contributed by atoms with van der Waals surface area (Å²) in [6, 6.07) is 6.56. The van der Waals surface area contributed by atoms with Crippen molar-refractivity contribution in [3.63, 3.8) is 0 Å². The Morgan fingerprint density at radius 2 is 1.91 bits per heavy atom. The van der Waals surface area contributed by atoms with Crippen LogP contribution in [0, 0.1) is 5.92 Å². The van der Waals surface area contributed by atoms with Crippen molar-refractivity contribution in [2.75, 3.05) is 0 Å². The van der Waals surface area contributed by atoms with Crippen LogP contribution in [0.5, 0.6) is 0 Å². The molecule has 2 atom stereocenters. The number of Topliss-reactive ketones (excluding diaryl/α,β-unsaturated/α-hetero) is 1. The van der Waals surface area contributed by atoms with Crippen molar-refractivity contribution in [1.29, 1.82) is 0 Å². The van der Waals surface area contributed by atoms with Crippen LogP contribution in [-0.4, -0.2) is 21.5 Å². The topological polar surface area (TPSA) is 64.0 Å². The largest absolute Gasteiger partial charge is 0.349 e. The molecule has 0 aliphatic heterocycles. The first-order valence-electron chi connectivity index (χ1n) is 7.44. The van der Waals surface area contributed by atoms with Gasteiger partial charge in [0.15, 0.2) is 5.78 Å². The Bertz CT molecular complexity index is 694. The van der Waals surface area contributed by atoms with Crippen LogP contribution < -0.4 is 5.32 Å². The van der Waals surface area contributed by atoms with E-state index in [4.69, 9.17) is 11.6 Å². The molecule has 0 saturated heterocycles. The maximum Gasteiger partial charge on any atom is 0.221 e. The van der Waals surface area contributed by atoms with Gasteiger partial charge in [-0.1, -0.05) is 18.5 Å². The molecule has 0 saturated carbocycles. The molecule has 1 N–H and O–H groups in total. The minimum Gasteiger partial charge on any atom is -0.349 e. The highest BCUT2D eigenvalue weighted by molar-refractivity contribution is 6.30. The van der Waals surface area contributed by atoms with Gasteiger partial charge < -0.3 is 5.32 Å². The van der Waals surface area contributed by atoms with E-state index >= 15 is 0 Å². The monoisotopic (exact) mass is 333 g/mol. The van der Waals surface area contributed by atoms with E-state index in [1.807, 2.05) is 20.2 Å². The number of ketones is 1. The molecule has 0 aliphatic rings. The van der Waals surface area contributed by atoms with Gasteiger partial charge in [-0.05, 0) is 31.2 Å². The zero-order valence-corrected chi connectivity index (χ0v) is 14.2. The van der Waals surface area contributed by atoms with Crippen LogP contribution in [0.1, 0.15) is 42.2 Å². The van der Waals surface area contributed by atoms with Crippen LogP contribution >= 0.6 is 11.6 Å². The second-order valence-corrected chi connectivity index (χ2v) is 6.15. The third kappa shape index (κ3) is 4.66. The molecule has 0 bridgehead atoms. The number of aryl methyl sites for hydroxylation is 1. The minimum atomic E-state index is -0.391. The molecule has 122 valence electrons. The summed E-state index contributed by atoms with van der Waals surface area (Å²) in [5.74, 6) is -0.612. The number of carbonyl (C=O) groups is 2. The van der Waals surface area contributed by atoms with Crippen LogP contribution in [0.4, 0.5) is 0 Å². The predicted molar refractivity (Wildman–Crippen MR) is 89.3 cm³/mol. The van der Waals surface area contributed by atoms with Crippen molar-refractivity contribution >= 4 is 23.3 Å². The zero-order valence-electron chi connectivity index (χ0n) is 13.4. The number of aromatic nitrogens is 2. The van der Waals surface area contributed by atoms with Gasteiger partial charge in [-0.2, -0.15) is 5.10 Å². The van der Waals surface area contributed by atoms with Crippen LogP contribution in [0.3, 0.4) is 0 Å². The fourth-order valence-electron chi connectivity index (χ4n) is 2.32. The van der Waals surface area contributed by atoms with Crippen LogP contribution in [0.2, 0.25) is 5.02 Å². The summed E-state index contributed by atoms with van der Waals surface area (Å²) < 4.78 is 1.69. The van der Waals surface area contributed by atoms with Crippen LogP contribution in [0.15, 0.2) is 36.7 Å². The van der Waals surface area contributed by atoms with Crippen LogP contribution in [0.25, 0.3) is 0 Å². The fourth-order valence-corrected chi connectivity index (χ4v) is 2.44. The molecule has 0 fully saturated rings. The Labute approximate surface area is 140 Å². The lowest BCUT2D eigenvalue weighted by molar-refractivity contribution is -0.122. The first-order valence-corrected chi connectivity index (χ1v) is 7.82. The van der Waals surface area contributed by atoms with E-state index in [1.165, 1.54) is 0 Å². The van der Waals surface area contributed by atoms with Gasteiger partial charge in [0.25, 0.3) is 0 Å². The highest BCUT2D eigenvalue weighted by Crippen LogP contribution is 2.16. The number of hydrogen-bond donors (Lipinski definition) is 1. The average molecular weight is 334 g/mol. The summed E-state index contributed by atoms with van der Waals surface area (Å²) >= 11 is 5.82. The Morgan fingerprint density at radius 3 is 2.48 bits per heavy atom. The van der Waals surface area contributed by atoms with Crippen LogP contribution in [-0.2, 0) is 11.8 Å². The quantitative estimate of drug-likeness (QED) is 0.826. The number of halogens is 1. The Kier molecular flexibility index (Phi) is 5.55. The Hall–Kier alpha value is -2.14. The van der Waals surface area contributed by atoms with Gasteiger partial charge in [-0.25, -0.2) is 0 Å². The number of carbonyl (C=O) groups excluding carboxylic acids is 2. The van der Waals surface area contributed by atoms with Gasteiger partial charge in [0.05, 0.1) is 12.2 Å². The summed E-state index contributed by atoms with van der Waals surface area (Å²) in [5.41, 5.74) is 1.49. The van der Waals surface area contributed by atoms with E-state index in [2.05, 4.69) is 10.4 Å².